The number of nitrogens with zero attached hydrogens (tertiary/aromatic N) is 3. The second-order valence-corrected chi connectivity index (χ2v) is 7.90. The van der Waals surface area contributed by atoms with Gasteiger partial charge in [-0.2, -0.15) is 0 Å². The van der Waals surface area contributed by atoms with Crippen molar-refractivity contribution < 1.29 is 0 Å². The van der Waals surface area contributed by atoms with Crippen molar-refractivity contribution in [2.75, 3.05) is 23.3 Å². The van der Waals surface area contributed by atoms with E-state index in [0.717, 1.165) is 43.1 Å². The third kappa shape index (κ3) is 3.81. The molecule has 4 rings (SSSR count). The molecule has 4 nitrogen and oxygen atoms in total. The zero-order valence-corrected chi connectivity index (χ0v) is 16.1. The molecule has 1 aliphatic heterocycles. The maximum absolute atomic E-state index is 6.29. The Hall–Kier alpha value is -1.78. The van der Waals surface area contributed by atoms with Crippen LogP contribution in [0.5, 0.6) is 0 Å². The maximum Gasteiger partial charge on any atom is 0.132 e. The van der Waals surface area contributed by atoms with E-state index in [1.807, 2.05) is 12.1 Å². The van der Waals surface area contributed by atoms with Crippen LogP contribution >= 0.6 is 23.2 Å². The highest BCUT2D eigenvalue weighted by atomic mass is 35.5. The van der Waals surface area contributed by atoms with Gasteiger partial charge in [-0.25, -0.2) is 9.97 Å². The second kappa shape index (κ2) is 7.45. The highest BCUT2D eigenvalue weighted by Gasteiger charge is 2.27. The molecule has 1 saturated heterocycles. The fourth-order valence-corrected chi connectivity index (χ4v) is 3.83. The van der Waals surface area contributed by atoms with Gasteiger partial charge < -0.3 is 10.2 Å². The van der Waals surface area contributed by atoms with Gasteiger partial charge in [-0.15, -0.1) is 0 Å². The summed E-state index contributed by atoms with van der Waals surface area (Å²) in [5, 5.41) is 4.44. The highest BCUT2D eigenvalue weighted by Crippen LogP contribution is 2.40. The van der Waals surface area contributed by atoms with Gasteiger partial charge in [0.25, 0.3) is 0 Å². The first kappa shape index (κ1) is 17.6. The van der Waals surface area contributed by atoms with Crippen molar-refractivity contribution in [1.29, 1.82) is 0 Å². The average Bonchev–Trinajstić information content (AvgIpc) is 3.51. The summed E-state index contributed by atoms with van der Waals surface area (Å²) in [5.41, 5.74) is 2.95. The predicted molar refractivity (Wildman–Crippen MR) is 108 cm³/mol. The standard InChI is InChI=1S/C20H22Cl2N4/c1-13(25-17-6-2-5-16(21)20(17)22)15-4-3-9-26(11-15)19-10-18(14-7-8-14)23-12-24-19/h2,5-6,10,12,14-15,25H,1,3-4,7-9,11H2. The Morgan fingerprint density at radius 1 is 1.19 bits per heavy atom. The van der Waals surface area contributed by atoms with Crippen LogP contribution in [-0.4, -0.2) is 23.1 Å². The molecular weight excluding hydrogens is 367 g/mol. The molecule has 1 N–H and O–H groups in total. The second-order valence-electron chi connectivity index (χ2n) is 7.11. The van der Waals surface area contributed by atoms with E-state index in [-0.39, 0.29) is 0 Å². The highest BCUT2D eigenvalue weighted by molar-refractivity contribution is 6.43. The minimum atomic E-state index is 0.332. The van der Waals surface area contributed by atoms with Gasteiger partial charge in [-0.3, -0.25) is 0 Å². The van der Waals surface area contributed by atoms with Crippen molar-refractivity contribution in [3.05, 3.63) is 58.6 Å². The van der Waals surface area contributed by atoms with Crippen LogP contribution in [-0.2, 0) is 0 Å². The summed E-state index contributed by atoms with van der Waals surface area (Å²) in [4.78, 5) is 11.3. The lowest BCUT2D eigenvalue weighted by atomic mass is 9.95. The van der Waals surface area contributed by atoms with Gasteiger partial charge in [-0.1, -0.05) is 35.8 Å². The molecule has 0 radical (unpaired) electrons. The van der Waals surface area contributed by atoms with E-state index >= 15 is 0 Å². The monoisotopic (exact) mass is 388 g/mol. The first-order valence-corrected chi connectivity index (χ1v) is 9.84. The van der Waals surface area contributed by atoms with E-state index in [1.54, 1.807) is 12.4 Å². The van der Waals surface area contributed by atoms with Crippen LogP contribution in [0.3, 0.4) is 0 Å². The van der Waals surface area contributed by atoms with E-state index in [1.165, 1.54) is 18.5 Å². The summed E-state index contributed by atoms with van der Waals surface area (Å²) in [5.74, 6) is 2.00. The van der Waals surface area contributed by atoms with Gasteiger partial charge in [-0.05, 0) is 37.8 Å². The average molecular weight is 389 g/mol. The van der Waals surface area contributed by atoms with Crippen LogP contribution in [0.25, 0.3) is 0 Å². The van der Waals surface area contributed by atoms with Crippen LogP contribution in [0.2, 0.25) is 10.0 Å². The van der Waals surface area contributed by atoms with Crippen LogP contribution < -0.4 is 10.2 Å². The van der Waals surface area contributed by atoms with Gasteiger partial charge >= 0.3 is 0 Å². The number of anilines is 2. The van der Waals surface area contributed by atoms with E-state index < -0.39 is 0 Å². The first-order valence-electron chi connectivity index (χ1n) is 9.08. The summed E-state index contributed by atoms with van der Waals surface area (Å²) in [7, 11) is 0. The summed E-state index contributed by atoms with van der Waals surface area (Å²) in [6.45, 7) is 6.17. The minimum Gasteiger partial charge on any atom is -0.358 e. The van der Waals surface area contributed by atoms with E-state index in [0.29, 0.717) is 21.9 Å². The Kier molecular flexibility index (Phi) is 5.05. The molecule has 1 aromatic heterocycles. The molecule has 2 aliphatic rings. The molecule has 1 unspecified atom stereocenters. The fourth-order valence-electron chi connectivity index (χ4n) is 3.48. The maximum atomic E-state index is 6.29. The number of hydrogen-bond donors (Lipinski definition) is 1. The van der Waals surface area contributed by atoms with Gasteiger partial charge in [0.1, 0.15) is 12.1 Å². The van der Waals surface area contributed by atoms with Gasteiger partial charge in [0.2, 0.25) is 0 Å². The molecule has 0 amide bonds. The van der Waals surface area contributed by atoms with E-state index in [2.05, 4.69) is 32.8 Å². The number of benzene rings is 1. The Morgan fingerprint density at radius 3 is 2.85 bits per heavy atom. The predicted octanol–water partition coefficient (Wildman–Crippen LogP) is 5.50. The quantitative estimate of drug-likeness (QED) is 0.733. The molecule has 1 aliphatic carbocycles. The molecule has 2 heterocycles. The molecule has 1 saturated carbocycles. The molecule has 26 heavy (non-hydrogen) atoms. The van der Waals surface area contributed by atoms with Gasteiger partial charge in [0.15, 0.2) is 0 Å². The first-order chi connectivity index (χ1) is 12.6. The van der Waals surface area contributed by atoms with Crippen molar-refractivity contribution in [2.24, 2.45) is 5.92 Å². The molecule has 2 aromatic rings. The molecular formula is C20H22Cl2N4. The van der Waals surface area contributed by atoms with Crippen LogP contribution in [0.4, 0.5) is 11.5 Å². The summed E-state index contributed by atoms with van der Waals surface area (Å²) >= 11 is 12.4. The summed E-state index contributed by atoms with van der Waals surface area (Å²) < 4.78 is 0. The molecule has 2 fully saturated rings. The third-order valence-corrected chi connectivity index (χ3v) is 5.97. The van der Waals surface area contributed by atoms with Gasteiger partial charge in [0.05, 0.1) is 15.7 Å². The molecule has 1 atom stereocenters. The third-order valence-electron chi connectivity index (χ3n) is 5.15. The van der Waals surface area contributed by atoms with Crippen molar-refractivity contribution in [2.45, 2.75) is 31.6 Å². The molecule has 136 valence electrons. The van der Waals surface area contributed by atoms with Gasteiger partial charge in [0, 0.05) is 42.4 Å². The molecule has 6 heteroatoms. The van der Waals surface area contributed by atoms with Crippen LogP contribution in [0, 0.1) is 5.92 Å². The largest absolute Gasteiger partial charge is 0.358 e. The fraction of sp³-hybridized carbons (Fsp3) is 0.400. The smallest absolute Gasteiger partial charge is 0.132 e. The van der Waals surface area contributed by atoms with E-state index in [4.69, 9.17) is 23.2 Å². The zero-order chi connectivity index (χ0) is 18.1. The van der Waals surface area contributed by atoms with Crippen LogP contribution in [0.1, 0.15) is 37.3 Å². The Morgan fingerprint density at radius 2 is 2.04 bits per heavy atom. The zero-order valence-electron chi connectivity index (χ0n) is 14.6. The molecule has 0 spiro atoms. The number of nitrogens with one attached hydrogen (secondary N) is 1. The topological polar surface area (TPSA) is 41.0 Å². The number of hydrogen-bond acceptors (Lipinski definition) is 4. The number of aromatic nitrogens is 2. The van der Waals surface area contributed by atoms with E-state index in [9.17, 15) is 0 Å². The molecule has 1 aromatic carbocycles. The van der Waals surface area contributed by atoms with Crippen LogP contribution in [0.15, 0.2) is 42.9 Å². The summed E-state index contributed by atoms with van der Waals surface area (Å²) in [6.07, 6.45) is 6.41. The molecule has 0 bridgehead atoms. The number of rotatable bonds is 5. The lowest BCUT2D eigenvalue weighted by molar-refractivity contribution is 0.466. The Bertz CT molecular complexity index is 819. The van der Waals surface area contributed by atoms with Crippen molar-refractivity contribution >= 4 is 34.7 Å². The lowest BCUT2D eigenvalue weighted by Crippen LogP contribution is -2.37. The number of halogens is 2. The van der Waals surface area contributed by atoms with Crippen molar-refractivity contribution in [1.82, 2.24) is 9.97 Å². The SMILES string of the molecule is C=C(Nc1cccc(Cl)c1Cl)C1CCCN(c2cc(C3CC3)ncn2)C1. The number of piperidine rings is 1. The van der Waals surface area contributed by atoms with Crippen molar-refractivity contribution in [3.63, 3.8) is 0 Å². The summed E-state index contributed by atoms with van der Waals surface area (Å²) in [6, 6.07) is 7.75. The lowest BCUT2D eigenvalue weighted by Gasteiger charge is -2.35. The minimum absolute atomic E-state index is 0.332. The normalized spacial score (nSPS) is 20.1. The van der Waals surface area contributed by atoms with Crippen molar-refractivity contribution in [3.8, 4) is 0 Å². The Balaban J connectivity index is 1.45. The Labute approximate surface area is 164 Å².